The maximum absolute atomic E-state index is 6.11. The summed E-state index contributed by atoms with van der Waals surface area (Å²) in [5.41, 5.74) is 5.58. The molecule has 0 aliphatic carbocycles. The lowest BCUT2D eigenvalue weighted by Crippen LogP contribution is -2.31. The highest BCUT2D eigenvalue weighted by Gasteiger charge is 2.11. The van der Waals surface area contributed by atoms with E-state index in [1.807, 2.05) is 0 Å². The van der Waals surface area contributed by atoms with Gasteiger partial charge in [-0.15, -0.1) is 0 Å². The van der Waals surface area contributed by atoms with Gasteiger partial charge in [0.25, 0.3) is 0 Å². The number of rotatable bonds is 6. The van der Waals surface area contributed by atoms with E-state index < -0.39 is 0 Å². The van der Waals surface area contributed by atoms with Gasteiger partial charge in [-0.1, -0.05) is 36.5 Å². The van der Waals surface area contributed by atoms with Crippen LogP contribution in [0.2, 0.25) is 10.0 Å². The number of nitrogens with two attached hydrogens (primary N) is 1. The molecule has 0 aromatic carbocycles. The Kier molecular flexibility index (Phi) is 5.88. The maximum atomic E-state index is 6.11. The number of unbranched alkanes of at least 4 members (excludes halogenated alkanes) is 1. The zero-order valence-corrected chi connectivity index (χ0v) is 10.9. The summed E-state index contributed by atoms with van der Waals surface area (Å²) in [6.07, 6.45) is 3.84. The van der Waals surface area contributed by atoms with Crippen LogP contribution in [0.3, 0.4) is 0 Å². The van der Waals surface area contributed by atoms with Gasteiger partial charge in [-0.25, -0.2) is 4.98 Å². The fourth-order valence-corrected chi connectivity index (χ4v) is 1.97. The molecule has 0 unspecified atom stereocenters. The molecule has 0 radical (unpaired) electrons. The third kappa shape index (κ3) is 3.81. The summed E-state index contributed by atoms with van der Waals surface area (Å²) in [7, 11) is 0. The number of halogens is 2. The van der Waals surface area contributed by atoms with E-state index in [0.717, 1.165) is 31.7 Å². The smallest absolute Gasteiger partial charge is 0.147 e. The van der Waals surface area contributed by atoms with Crippen molar-refractivity contribution in [3.63, 3.8) is 0 Å². The normalized spacial score (nSPS) is 10.5. The Bertz CT molecular complexity index is 331. The summed E-state index contributed by atoms with van der Waals surface area (Å²) in [6.45, 7) is 4.41. The number of pyridine rings is 1. The highest BCUT2D eigenvalue weighted by atomic mass is 35.5. The topological polar surface area (TPSA) is 42.1 Å². The Morgan fingerprint density at radius 3 is 2.69 bits per heavy atom. The van der Waals surface area contributed by atoms with E-state index in [1.165, 1.54) is 0 Å². The minimum absolute atomic E-state index is 0.553. The lowest BCUT2D eigenvalue weighted by molar-refractivity contribution is 0.708. The summed E-state index contributed by atoms with van der Waals surface area (Å²) in [5.74, 6) is 0.768. The van der Waals surface area contributed by atoms with Crippen molar-refractivity contribution in [1.82, 2.24) is 4.98 Å². The third-order valence-electron chi connectivity index (χ3n) is 2.27. The highest BCUT2D eigenvalue weighted by molar-refractivity contribution is 6.36. The van der Waals surface area contributed by atoms with Gasteiger partial charge in [-0.05, 0) is 12.5 Å². The molecule has 0 saturated carbocycles. The lowest BCUT2D eigenvalue weighted by atomic mass is 10.3. The van der Waals surface area contributed by atoms with Crippen molar-refractivity contribution in [2.75, 3.05) is 24.5 Å². The van der Waals surface area contributed by atoms with Crippen LogP contribution in [0.25, 0.3) is 0 Å². The number of hydrogen-bond acceptors (Lipinski definition) is 3. The Labute approximate surface area is 107 Å². The fraction of sp³-hybridized carbons (Fsp3) is 0.545. The van der Waals surface area contributed by atoms with Gasteiger partial charge >= 0.3 is 0 Å². The molecule has 1 heterocycles. The van der Waals surface area contributed by atoms with Gasteiger partial charge < -0.3 is 10.6 Å². The van der Waals surface area contributed by atoms with E-state index in [9.17, 15) is 0 Å². The number of nitrogens with zero attached hydrogens (tertiary/aromatic N) is 2. The van der Waals surface area contributed by atoms with Crippen LogP contribution < -0.4 is 10.6 Å². The predicted molar refractivity (Wildman–Crippen MR) is 70.4 cm³/mol. The molecule has 90 valence electrons. The zero-order valence-electron chi connectivity index (χ0n) is 9.42. The van der Waals surface area contributed by atoms with E-state index in [-0.39, 0.29) is 0 Å². The quantitative estimate of drug-likeness (QED) is 0.857. The molecule has 0 aliphatic rings. The number of hydrogen-bond donors (Lipinski definition) is 1. The molecule has 0 amide bonds. The summed E-state index contributed by atoms with van der Waals surface area (Å²) < 4.78 is 0. The van der Waals surface area contributed by atoms with Crippen molar-refractivity contribution in [2.45, 2.75) is 19.8 Å². The molecule has 1 aromatic heterocycles. The zero-order chi connectivity index (χ0) is 12.0. The molecule has 5 heteroatoms. The summed E-state index contributed by atoms with van der Waals surface area (Å²) in [5, 5.41) is 1.13. The van der Waals surface area contributed by atoms with E-state index in [4.69, 9.17) is 28.9 Å². The molecule has 1 aromatic rings. The van der Waals surface area contributed by atoms with Crippen molar-refractivity contribution in [3.8, 4) is 0 Å². The molecule has 0 fully saturated rings. The van der Waals surface area contributed by atoms with Crippen molar-refractivity contribution in [3.05, 3.63) is 22.3 Å². The second kappa shape index (κ2) is 6.94. The summed E-state index contributed by atoms with van der Waals surface area (Å²) in [6, 6.07) is 1.71. The van der Waals surface area contributed by atoms with Crippen LogP contribution in [0.1, 0.15) is 19.8 Å². The van der Waals surface area contributed by atoms with Gasteiger partial charge in [-0.3, -0.25) is 0 Å². The van der Waals surface area contributed by atoms with Crippen LogP contribution in [-0.4, -0.2) is 24.6 Å². The third-order valence-corrected chi connectivity index (χ3v) is 2.75. The molecular formula is C11H17Cl2N3. The minimum atomic E-state index is 0.553. The van der Waals surface area contributed by atoms with Crippen LogP contribution in [0, 0.1) is 0 Å². The largest absolute Gasteiger partial charge is 0.354 e. The van der Waals surface area contributed by atoms with Crippen LogP contribution in [0.4, 0.5) is 5.82 Å². The predicted octanol–water partition coefficient (Wildman–Crippen LogP) is 2.95. The van der Waals surface area contributed by atoms with Crippen molar-refractivity contribution >= 4 is 29.0 Å². The Morgan fingerprint density at radius 1 is 1.38 bits per heavy atom. The lowest BCUT2D eigenvalue weighted by Gasteiger charge is -2.23. The monoisotopic (exact) mass is 261 g/mol. The first-order valence-electron chi connectivity index (χ1n) is 5.45. The van der Waals surface area contributed by atoms with Crippen LogP contribution in [0.15, 0.2) is 12.3 Å². The minimum Gasteiger partial charge on any atom is -0.354 e. The van der Waals surface area contributed by atoms with Crippen molar-refractivity contribution < 1.29 is 0 Å². The average molecular weight is 262 g/mol. The van der Waals surface area contributed by atoms with Crippen LogP contribution in [0.5, 0.6) is 0 Å². The first kappa shape index (κ1) is 13.6. The van der Waals surface area contributed by atoms with E-state index in [0.29, 0.717) is 16.6 Å². The molecule has 16 heavy (non-hydrogen) atoms. The van der Waals surface area contributed by atoms with Crippen LogP contribution in [-0.2, 0) is 0 Å². The first-order chi connectivity index (χ1) is 7.69. The molecule has 0 aliphatic heterocycles. The molecule has 0 spiro atoms. The number of anilines is 1. The second-order valence-electron chi connectivity index (χ2n) is 3.59. The van der Waals surface area contributed by atoms with E-state index in [1.54, 1.807) is 12.3 Å². The van der Waals surface area contributed by atoms with Gasteiger partial charge in [0.1, 0.15) is 5.82 Å². The summed E-state index contributed by atoms with van der Waals surface area (Å²) in [4.78, 5) is 6.36. The van der Waals surface area contributed by atoms with Gasteiger partial charge in [0.2, 0.25) is 0 Å². The van der Waals surface area contributed by atoms with Crippen LogP contribution >= 0.6 is 23.2 Å². The SMILES string of the molecule is CCCCN(CCN)c1ncc(Cl)cc1Cl. The molecule has 0 saturated heterocycles. The molecule has 0 atom stereocenters. The van der Waals surface area contributed by atoms with Gasteiger partial charge in [-0.2, -0.15) is 0 Å². The standard InChI is InChI=1S/C11H17Cl2N3/c1-2-3-5-16(6-4-14)11-10(13)7-9(12)8-15-11/h7-8H,2-6,14H2,1H3. The maximum Gasteiger partial charge on any atom is 0.147 e. The Hall–Kier alpha value is -0.510. The molecule has 0 bridgehead atoms. The highest BCUT2D eigenvalue weighted by Crippen LogP contribution is 2.25. The molecule has 3 nitrogen and oxygen atoms in total. The Balaban J connectivity index is 2.82. The van der Waals surface area contributed by atoms with E-state index in [2.05, 4.69) is 16.8 Å². The van der Waals surface area contributed by atoms with Gasteiger partial charge in [0.05, 0.1) is 10.0 Å². The van der Waals surface area contributed by atoms with Crippen molar-refractivity contribution in [2.24, 2.45) is 5.73 Å². The summed E-state index contributed by atoms with van der Waals surface area (Å²) >= 11 is 11.9. The molecule has 1 rings (SSSR count). The number of aromatic nitrogens is 1. The second-order valence-corrected chi connectivity index (χ2v) is 4.43. The first-order valence-corrected chi connectivity index (χ1v) is 6.20. The van der Waals surface area contributed by atoms with Gasteiger partial charge in [0.15, 0.2) is 0 Å². The molecule has 2 N–H and O–H groups in total. The van der Waals surface area contributed by atoms with Crippen molar-refractivity contribution in [1.29, 1.82) is 0 Å². The van der Waals surface area contributed by atoms with E-state index >= 15 is 0 Å². The Morgan fingerprint density at radius 2 is 2.12 bits per heavy atom. The average Bonchev–Trinajstić information content (AvgIpc) is 2.25. The van der Waals surface area contributed by atoms with Gasteiger partial charge in [0, 0.05) is 25.8 Å². The fourth-order valence-electron chi connectivity index (χ4n) is 1.47. The molecular weight excluding hydrogens is 245 g/mol.